The Morgan fingerprint density at radius 3 is 2.16 bits per heavy atom. The minimum atomic E-state index is -0.759. The van der Waals surface area contributed by atoms with Crippen molar-refractivity contribution >= 4 is 19.3 Å². The topological polar surface area (TPSA) is 77.0 Å². The SMILES string of the molecule is CC1(C)OB(C(=Cc2ccc(O)c(F)c2)CNC(=O)OCC2c3ccccc3-c3ccccc32)OC1(C)C. The van der Waals surface area contributed by atoms with Gasteiger partial charge in [-0.15, -0.1) is 0 Å². The van der Waals surface area contributed by atoms with Crippen molar-refractivity contribution in [3.8, 4) is 16.9 Å². The molecule has 0 aromatic heterocycles. The lowest BCUT2D eigenvalue weighted by Crippen LogP contribution is -2.41. The van der Waals surface area contributed by atoms with Crippen LogP contribution in [0.15, 0.2) is 72.2 Å². The zero-order valence-corrected chi connectivity index (χ0v) is 22.0. The molecule has 0 unspecified atom stereocenters. The molecule has 38 heavy (non-hydrogen) atoms. The predicted octanol–water partition coefficient (Wildman–Crippen LogP) is 6.08. The van der Waals surface area contributed by atoms with E-state index in [4.69, 9.17) is 14.0 Å². The largest absolute Gasteiger partial charge is 0.505 e. The molecule has 1 heterocycles. The number of fused-ring (bicyclic) bond motifs is 3. The maximum atomic E-state index is 14.0. The molecule has 1 amide bonds. The zero-order chi connectivity index (χ0) is 27.1. The second-order valence-corrected chi connectivity index (χ2v) is 10.7. The first-order chi connectivity index (χ1) is 18.1. The summed E-state index contributed by atoms with van der Waals surface area (Å²) in [6.45, 7) is 8.00. The van der Waals surface area contributed by atoms with Gasteiger partial charge in [0.2, 0.25) is 0 Å². The second-order valence-electron chi connectivity index (χ2n) is 10.7. The van der Waals surface area contributed by atoms with Gasteiger partial charge in [0.15, 0.2) is 11.6 Å². The predicted molar refractivity (Wildman–Crippen MR) is 145 cm³/mol. The van der Waals surface area contributed by atoms with Gasteiger partial charge in [0, 0.05) is 12.5 Å². The van der Waals surface area contributed by atoms with Crippen LogP contribution in [-0.4, -0.2) is 42.7 Å². The molecule has 0 radical (unpaired) electrons. The Morgan fingerprint density at radius 1 is 1.00 bits per heavy atom. The summed E-state index contributed by atoms with van der Waals surface area (Å²) in [6, 6.07) is 20.4. The number of hydrogen-bond acceptors (Lipinski definition) is 5. The number of benzene rings is 3. The number of aromatic hydroxyl groups is 1. The molecule has 1 fully saturated rings. The van der Waals surface area contributed by atoms with Gasteiger partial charge in [-0.05, 0) is 73.1 Å². The van der Waals surface area contributed by atoms with Crippen LogP contribution in [0.25, 0.3) is 17.2 Å². The Balaban J connectivity index is 1.30. The average Bonchev–Trinajstić information content (AvgIpc) is 3.31. The Morgan fingerprint density at radius 2 is 1.58 bits per heavy atom. The summed E-state index contributed by atoms with van der Waals surface area (Å²) >= 11 is 0. The second kappa shape index (κ2) is 9.93. The number of carbonyl (C=O) groups excluding carboxylic acids is 1. The fourth-order valence-electron chi connectivity index (χ4n) is 4.85. The van der Waals surface area contributed by atoms with Crippen LogP contribution < -0.4 is 5.32 Å². The van der Waals surface area contributed by atoms with E-state index in [-0.39, 0.29) is 19.1 Å². The number of phenolic OH excluding ortho intramolecular Hbond substituents is 1. The van der Waals surface area contributed by atoms with E-state index < -0.39 is 36.0 Å². The van der Waals surface area contributed by atoms with Gasteiger partial charge in [0.25, 0.3) is 0 Å². The Labute approximate surface area is 222 Å². The number of phenols is 1. The van der Waals surface area contributed by atoms with Crippen molar-refractivity contribution in [1.29, 1.82) is 0 Å². The third kappa shape index (κ3) is 4.94. The van der Waals surface area contributed by atoms with E-state index in [2.05, 4.69) is 29.6 Å². The van der Waals surface area contributed by atoms with E-state index in [1.165, 1.54) is 12.1 Å². The van der Waals surface area contributed by atoms with Crippen molar-refractivity contribution in [1.82, 2.24) is 5.32 Å². The molecule has 0 saturated carbocycles. The third-order valence-electron chi connectivity index (χ3n) is 7.66. The van der Waals surface area contributed by atoms with E-state index in [1.807, 2.05) is 52.0 Å². The summed E-state index contributed by atoms with van der Waals surface area (Å²) < 4.78 is 32.0. The monoisotopic (exact) mass is 515 g/mol. The molecule has 5 rings (SSSR count). The molecule has 2 N–H and O–H groups in total. The summed E-state index contributed by atoms with van der Waals surface area (Å²) in [5.74, 6) is -1.22. The van der Waals surface area contributed by atoms with E-state index >= 15 is 0 Å². The zero-order valence-electron chi connectivity index (χ0n) is 22.0. The number of nitrogens with one attached hydrogen (secondary N) is 1. The van der Waals surface area contributed by atoms with Crippen molar-refractivity contribution in [3.63, 3.8) is 0 Å². The van der Waals surface area contributed by atoms with Crippen LogP contribution in [0.2, 0.25) is 0 Å². The van der Waals surface area contributed by atoms with Crippen LogP contribution in [0.5, 0.6) is 5.75 Å². The van der Waals surface area contributed by atoms with Crippen LogP contribution in [0.4, 0.5) is 9.18 Å². The van der Waals surface area contributed by atoms with E-state index in [1.54, 1.807) is 12.1 Å². The molecule has 0 bridgehead atoms. The molecule has 3 aromatic rings. The number of halogens is 1. The summed E-state index contributed by atoms with van der Waals surface area (Å²) in [5.41, 5.74) is 4.47. The summed E-state index contributed by atoms with van der Waals surface area (Å²) in [4.78, 5) is 12.8. The van der Waals surface area contributed by atoms with Crippen LogP contribution in [-0.2, 0) is 14.0 Å². The highest BCUT2D eigenvalue weighted by Crippen LogP contribution is 2.44. The normalized spacial score (nSPS) is 17.7. The van der Waals surface area contributed by atoms with Crippen molar-refractivity contribution < 1.29 is 28.3 Å². The van der Waals surface area contributed by atoms with E-state index in [0.717, 1.165) is 22.3 Å². The molecule has 1 saturated heterocycles. The van der Waals surface area contributed by atoms with Crippen molar-refractivity contribution in [2.24, 2.45) is 0 Å². The minimum absolute atomic E-state index is 0.0498. The highest BCUT2D eigenvalue weighted by atomic mass is 19.1. The smallest absolute Gasteiger partial charge is 0.492 e. The molecule has 3 aromatic carbocycles. The molecule has 6 nitrogen and oxygen atoms in total. The number of carbonyl (C=O) groups is 1. The lowest BCUT2D eigenvalue weighted by Gasteiger charge is -2.32. The van der Waals surface area contributed by atoms with Crippen LogP contribution in [0.1, 0.15) is 50.3 Å². The molecular formula is C30H31BFNO5. The van der Waals surface area contributed by atoms with Gasteiger partial charge in [-0.1, -0.05) is 60.7 Å². The fraction of sp³-hybridized carbons (Fsp3) is 0.300. The highest BCUT2D eigenvalue weighted by Gasteiger charge is 2.52. The lowest BCUT2D eigenvalue weighted by atomic mass is 9.77. The Hall–Kier alpha value is -3.62. The van der Waals surface area contributed by atoms with Crippen LogP contribution >= 0.6 is 0 Å². The van der Waals surface area contributed by atoms with Gasteiger partial charge in [-0.2, -0.15) is 0 Å². The molecule has 1 aliphatic carbocycles. The number of ether oxygens (including phenoxy) is 1. The highest BCUT2D eigenvalue weighted by molar-refractivity contribution is 6.56. The molecule has 8 heteroatoms. The summed E-state index contributed by atoms with van der Waals surface area (Å²) in [6.07, 6.45) is 1.11. The first-order valence-corrected chi connectivity index (χ1v) is 12.7. The molecule has 1 aliphatic heterocycles. The fourth-order valence-corrected chi connectivity index (χ4v) is 4.85. The summed E-state index contributed by atoms with van der Waals surface area (Å²) in [5, 5.41) is 12.4. The van der Waals surface area contributed by atoms with E-state index in [0.29, 0.717) is 11.0 Å². The quantitative estimate of drug-likeness (QED) is 0.389. The van der Waals surface area contributed by atoms with Gasteiger partial charge in [-0.3, -0.25) is 0 Å². The summed E-state index contributed by atoms with van der Waals surface area (Å²) in [7, 11) is -0.759. The van der Waals surface area contributed by atoms with Crippen LogP contribution in [0, 0.1) is 5.82 Å². The van der Waals surface area contributed by atoms with Gasteiger partial charge >= 0.3 is 13.2 Å². The minimum Gasteiger partial charge on any atom is -0.505 e. The molecule has 0 spiro atoms. The number of hydrogen-bond donors (Lipinski definition) is 2. The van der Waals surface area contributed by atoms with Gasteiger partial charge in [-0.25, -0.2) is 9.18 Å². The van der Waals surface area contributed by atoms with Crippen molar-refractivity contribution in [2.45, 2.75) is 44.8 Å². The standard InChI is InChI=1S/C30H31BFNO5/c1-29(2)30(3,4)38-31(37-29)20(15-19-13-14-27(34)26(32)16-19)17-33-28(35)36-18-25-23-11-7-5-9-21(23)22-10-6-8-12-24(22)25/h5-16,25,34H,17-18H2,1-4H3,(H,33,35). The van der Waals surface area contributed by atoms with E-state index in [9.17, 15) is 14.3 Å². The Bertz CT molecular complexity index is 1340. The molecule has 196 valence electrons. The molecule has 0 atom stereocenters. The number of rotatable bonds is 6. The Kier molecular flexibility index (Phi) is 6.80. The maximum absolute atomic E-state index is 14.0. The van der Waals surface area contributed by atoms with Gasteiger partial charge in [0.05, 0.1) is 11.2 Å². The number of amides is 1. The van der Waals surface area contributed by atoms with Crippen LogP contribution in [0.3, 0.4) is 0 Å². The van der Waals surface area contributed by atoms with Gasteiger partial charge < -0.3 is 24.5 Å². The lowest BCUT2D eigenvalue weighted by molar-refractivity contribution is 0.00578. The number of alkyl carbamates (subject to hydrolysis) is 1. The van der Waals surface area contributed by atoms with Crippen molar-refractivity contribution in [3.05, 3.63) is 94.7 Å². The third-order valence-corrected chi connectivity index (χ3v) is 7.66. The van der Waals surface area contributed by atoms with Crippen molar-refractivity contribution in [2.75, 3.05) is 13.2 Å². The first-order valence-electron chi connectivity index (χ1n) is 12.7. The maximum Gasteiger partial charge on any atom is 0.492 e. The molecular weight excluding hydrogens is 484 g/mol. The average molecular weight is 515 g/mol. The first kappa shape index (κ1) is 26.0. The van der Waals surface area contributed by atoms with Gasteiger partial charge in [0.1, 0.15) is 6.61 Å². The molecule has 2 aliphatic rings.